The van der Waals surface area contributed by atoms with Crippen LogP contribution >= 0.6 is 0 Å². The third-order valence-corrected chi connectivity index (χ3v) is 4.94. The van der Waals surface area contributed by atoms with E-state index in [2.05, 4.69) is 10.6 Å². The SMILES string of the molecule is CC(=O)Nc1cccc2c1CCN(C(=O)NC(C)c1ccccc1C(F)(F)F)C2. The molecule has 0 fully saturated rings. The smallest absolute Gasteiger partial charge is 0.331 e. The van der Waals surface area contributed by atoms with Gasteiger partial charge in [0, 0.05) is 25.7 Å². The minimum Gasteiger partial charge on any atom is -0.331 e. The number of carbonyl (C=O) groups is 2. The Morgan fingerprint density at radius 3 is 2.52 bits per heavy atom. The standard InChI is InChI=1S/C21H22F3N3O2/c1-13(16-7-3-4-8-18(16)21(22,23)24)25-20(29)27-11-10-17-15(12-27)6-5-9-19(17)26-14(2)28/h3-9,13H,10-12H2,1-2H3,(H,25,29)(H,26,28). The Balaban J connectivity index is 1.73. The number of fused-ring (bicyclic) bond motifs is 1. The Bertz CT molecular complexity index is 928. The summed E-state index contributed by atoms with van der Waals surface area (Å²) in [5.41, 5.74) is 1.88. The predicted octanol–water partition coefficient (Wildman–Crippen LogP) is 4.49. The molecule has 2 aromatic rings. The molecule has 0 saturated heterocycles. The van der Waals surface area contributed by atoms with Gasteiger partial charge in [0.05, 0.1) is 11.6 Å². The fourth-order valence-corrected chi connectivity index (χ4v) is 3.58. The molecule has 1 unspecified atom stereocenters. The molecule has 0 spiro atoms. The molecule has 5 nitrogen and oxygen atoms in total. The van der Waals surface area contributed by atoms with Crippen molar-refractivity contribution in [1.29, 1.82) is 0 Å². The molecular formula is C21H22F3N3O2. The number of hydrogen-bond donors (Lipinski definition) is 2. The van der Waals surface area contributed by atoms with E-state index in [1.165, 1.54) is 32.0 Å². The van der Waals surface area contributed by atoms with Crippen molar-refractivity contribution in [3.05, 3.63) is 64.7 Å². The second-order valence-electron chi connectivity index (χ2n) is 7.05. The molecule has 0 bridgehead atoms. The summed E-state index contributed by atoms with van der Waals surface area (Å²) in [4.78, 5) is 25.6. The molecule has 1 aliphatic heterocycles. The van der Waals surface area contributed by atoms with Crippen molar-refractivity contribution in [3.8, 4) is 0 Å². The normalized spacial score (nSPS) is 14.7. The maximum Gasteiger partial charge on any atom is 0.416 e. The first kappa shape index (κ1) is 20.7. The first-order valence-electron chi connectivity index (χ1n) is 9.26. The molecule has 0 aliphatic carbocycles. The molecule has 1 atom stereocenters. The Hall–Kier alpha value is -3.03. The van der Waals surface area contributed by atoms with Gasteiger partial charge in [-0.2, -0.15) is 13.2 Å². The number of halogens is 3. The quantitative estimate of drug-likeness (QED) is 0.790. The third kappa shape index (κ3) is 4.70. The lowest BCUT2D eigenvalue weighted by Crippen LogP contribution is -2.44. The van der Waals surface area contributed by atoms with Gasteiger partial charge in [0.25, 0.3) is 0 Å². The highest BCUT2D eigenvalue weighted by Gasteiger charge is 2.34. The minimum absolute atomic E-state index is 0.0266. The number of nitrogens with zero attached hydrogens (tertiary/aromatic N) is 1. The molecule has 154 valence electrons. The molecule has 3 amide bonds. The average molecular weight is 405 g/mol. The summed E-state index contributed by atoms with van der Waals surface area (Å²) in [6.45, 7) is 3.70. The molecule has 1 aliphatic rings. The lowest BCUT2D eigenvalue weighted by atomic mass is 9.97. The second-order valence-corrected chi connectivity index (χ2v) is 7.05. The number of alkyl halides is 3. The Kier molecular flexibility index (Phi) is 5.81. The first-order chi connectivity index (χ1) is 13.7. The lowest BCUT2D eigenvalue weighted by Gasteiger charge is -2.31. The maximum atomic E-state index is 13.2. The van der Waals surface area contributed by atoms with Gasteiger partial charge >= 0.3 is 12.2 Å². The van der Waals surface area contributed by atoms with Gasteiger partial charge in [0.1, 0.15) is 0 Å². The van der Waals surface area contributed by atoms with Gasteiger partial charge in [-0.15, -0.1) is 0 Å². The van der Waals surface area contributed by atoms with Crippen LogP contribution in [0.4, 0.5) is 23.7 Å². The highest BCUT2D eigenvalue weighted by atomic mass is 19.4. The Morgan fingerprint density at radius 2 is 1.83 bits per heavy atom. The zero-order valence-electron chi connectivity index (χ0n) is 16.1. The predicted molar refractivity (Wildman–Crippen MR) is 103 cm³/mol. The molecule has 0 saturated carbocycles. The molecule has 2 N–H and O–H groups in total. The molecule has 3 rings (SSSR count). The summed E-state index contributed by atoms with van der Waals surface area (Å²) in [7, 11) is 0. The third-order valence-electron chi connectivity index (χ3n) is 4.94. The van der Waals surface area contributed by atoms with E-state index in [-0.39, 0.29) is 11.5 Å². The highest BCUT2D eigenvalue weighted by Crippen LogP contribution is 2.34. The number of benzene rings is 2. The van der Waals surface area contributed by atoms with E-state index >= 15 is 0 Å². The van der Waals surface area contributed by atoms with Crippen LogP contribution in [0, 0.1) is 0 Å². The van der Waals surface area contributed by atoms with Crippen molar-refractivity contribution in [2.45, 2.75) is 39.0 Å². The zero-order chi connectivity index (χ0) is 21.2. The Labute approximate surface area is 166 Å². The molecule has 1 heterocycles. The van der Waals surface area contributed by atoms with E-state index < -0.39 is 23.8 Å². The monoisotopic (exact) mass is 405 g/mol. The lowest BCUT2D eigenvalue weighted by molar-refractivity contribution is -0.138. The number of hydrogen-bond acceptors (Lipinski definition) is 2. The van der Waals surface area contributed by atoms with Crippen molar-refractivity contribution in [3.63, 3.8) is 0 Å². The van der Waals surface area contributed by atoms with Gasteiger partial charge in [0.15, 0.2) is 0 Å². The number of urea groups is 1. The summed E-state index contributed by atoms with van der Waals surface area (Å²) >= 11 is 0. The maximum absolute atomic E-state index is 13.2. The van der Waals surface area contributed by atoms with Crippen molar-refractivity contribution in [2.75, 3.05) is 11.9 Å². The van der Waals surface area contributed by atoms with Crippen LogP contribution in [-0.2, 0) is 23.9 Å². The van der Waals surface area contributed by atoms with Gasteiger partial charge < -0.3 is 15.5 Å². The van der Waals surface area contributed by atoms with E-state index in [4.69, 9.17) is 0 Å². The number of amides is 3. The van der Waals surface area contributed by atoms with Crippen LogP contribution in [0.15, 0.2) is 42.5 Å². The molecule has 0 radical (unpaired) electrons. The van der Waals surface area contributed by atoms with Gasteiger partial charge in [-0.25, -0.2) is 4.79 Å². The van der Waals surface area contributed by atoms with Crippen LogP contribution < -0.4 is 10.6 Å². The summed E-state index contributed by atoms with van der Waals surface area (Å²) in [5, 5.41) is 5.46. The zero-order valence-corrected chi connectivity index (χ0v) is 16.1. The molecular weight excluding hydrogens is 383 g/mol. The van der Waals surface area contributed by atoms with Crippen LogP contribution in [0.25, 0.3) is 0 Å². The van der Waals surface area contributed by atoms with Gasteiger partial charge in [-0.1, -0.05) is 30.3 Å². The van der Waals surface area contributed by atoms with Gasteiger partial charge in [-0.3, -0.25) is 4.79 Å². The molecule has 0 aromatic heterocycles. The van der Waals surface area contributed by atoms with Crippen molar-refractivity contribution < 1.29 is 22.8 Å². The van der Waals surface area contributed by atoms with Crippen LogP contribution in [0.5, 0.6) is 0 Å². The topological polar surface area (TPSA) is 61.4 Å². The minimum atomic E-state index is -4.49. The average Bonchev–Trinajstić information content (AvgIpc) is 2.66. The molecule has 2 aromatic carbocycles. The van der Waals surface area contributed by atoms with Crippen molar-refractivity contribution in [1.82, 2.24) is 10.2 Å². The first-order valence-corrected chi connectivity index (χ1v) is 9.26. The van der Waals surface area contributed by atoms with E-state index in [0.717, 1.165) is 22.9 Å². The van der Waals surface area contributed by atoms with Crippen molar-refractivity contribution in [2.24, 2.45) is 0 Å². The van der Waals surface area contributed by atoms with Crippen LogP contribution in [0.3, 0.4) is 0 Å². The van der Waals surface area contributed by atoms with E-state index in [1.807, 2.05) is 12.1 Å². The van der Waals surface area contributed by atoms with Crippen LogP contribution in [0.1, 0.15) is 42.1 Å². The summed E-state index contributed by atoms with van der Waals surface area (Å²) in [6.07, 6.45) is -3.94. The largest absolute Gasteiger partial charge is 0.416 e. The number of carbonyl (C=O) groups excluding carboxylic acids is 2. The number of nitrogens with one attached hydrogen (secondary N) is 2. The van der Waals surface area contributed by atoms with Crippen LogP contribution in [0.2, 0.25) is 0 Å². The molecule has 8 heteroatoms. The number of anilines is 1. The van der Waals surface area contributed by atoms with E-state index in [0.29, 0.717) is 19.5 Å². The van der Waals surface area contributed by atoms with Gasteiger partial charge in [-0.05, 0) is 42.2 Å². The van der Waals surface area contributed by atoms with E-state index in [1.54, 1.807) is 11.0 Å². The summed E-state index contributed by atoms with van der Waals surface area (Å²) < 4.78 is 39.7. The van der Waals surface area contributed by atoms with Crippen molar-refractivity contribution >= 4 is 17.6 Å². The van der Waals surface area contributed by atoms with E-state index in [9.17, 15) is 22.8 Å². The van der Waals surface area contributed by atoms with Gasteiger partial charge in [0.2, 0.25) is 5.91 Å². The van der Waals surface area contributed by atoms with Crippen LogP contribution in [-0.4, -0.2) is 23.4 Å². The molecule has 29 heavy (non-hydrogen) atoms. The highest BCUT2D eigenvalue weighted by molar-refractivity contribution is 5.90. The number of rotatable bonds is 3. The fourth-order valence-electron chi connectivity index (χ4n) is 3.58. The second kappa shape index (κ2) is 8.14. The summed E-state index contributed by atoms with van der Waals surface area (Å²) in [6, 6.07) is 9.50. The fraction of sp³-hybridized carbons (Fsp3) is 0.333. The summed E-state index contributed by atoms with van der Waals surface area (Å²) in [5.74, 6) is -0.171. The Morgan fingerprint density at radius 1 is 1.10 bits per heavy atom.